The van der Waals surface area contributed by atoms with Gasteiger partial charge in [-0.25, -0.2) is 0 Å². The minimum absolute atomic E-state index is 0.0297. The molecule has 134 valence electrons. The number of thiophene rings is 1. The molecule has 0 radical (unpaired) electrons. The predicted molar refractivity (Wildman–Crippen MR) is 98.5 cm³/mol. The SMILES string of the molecule is Cc1ccc([C@H]([NH2+]CC(=O)NNC(=O)c2ccco2)c2cccs2)cc1. The lowest BCUT2D eigenvalue weighted by molar-refractivity contribution is -0.676. The summed E-state index contributed by atoms with van der Waals surface area (Å²) < 4.78 is 4.97. The Morgan fingerprint density at radius 3 is 2.58 bits per heavy atom. The molecule has 2 aromatic heterocycles. The second kappa shape index (κ2) is 8.46. The van der Waals surface area contributed by atoms with Gasteiger partial charge in [0.1, 0.15) is 6.04 Å². The number of hydrogen-bond acceptors (Lipinski definition) is 4. The first-order valence-corrected chi connectivity index (χ1v) is 9.07. The molecule has 0 fully saturated rings. The van der Waals surface area contributed by atoms with Crippen LogP contribution >= 0.6 is 11.3 Å². The zero-order valence-electron chi connectivity index (χ0n) is 14.3. The van der Waals surface area contributed by atoms with Crippen LogP contribution in [-0.2, 0) is 4.79 Å². The first kappa shape index (κ1) is 17.9. The summed E-state index contributed by atoms with van der Waals surface area (Å²) in [7, 11) is 0. The fraction of sp³-hybridized carbons (Fsp3) is 0.158. The zero-order valence-corrected chi connectivity index (χ0v) is 15.1. The highest BCUT2D eigenvalue weighted by Crippen LogP contribution is 2.22. The van der Waals surface area contributed by atoms with Gasteiger partial charge in [0.25, 0.3) is 5.91 Å². The maximum absolute atomic E-state index is 12.1. The maximum Gasteiger partial charge on any atom is 0.305 e. The maximum atomic E-state index is 12.1. The van der Waals surface area contributed by atoms with Gasteiger partial charge in [-0.1, -0.05) is 35.9 Å². The highest BCUT2D eigenvalue weighted by atomic mass is 32.1. The van der Waals surface area contributed by atoms with E-state index in [-0.39, 0.29) is 24.3 Å². The van der Waals surface area contributed by atoms with Gasteiger partial charge in [-0.3, -0.25) is 20.4 Å². The fourth-order valence-electron chi connectivity index (χ4n) is 2.53. The number of amides is 2. The molecule has 1 aromatic carbocycles. The number of nitrogens with one attached hydrogen (secondary N) is 2. The molecule has 4 N–H and O–H groups in total. The van der Waals surface area contributed by atoms with Crippen LogP contribution < -0.4 is 16.2 Å². The molecule has 0 saturated heterocycles. The first-order valence-electron chi connectivity index (χ1n) is 8.19. The Hall–Kier alpha value is -2.90. The molecule has 1 atom stereocenters. The summed E-state index contributed by atoms with van der Waals surface area (Å²) in [6.45, 7) is 2.22. The number of carbonyl (C=O) groups is 2. The molecule has 0 aliphatic rings. The average molecular weight is 370 g/mol. The number of furan rings is 1. The van der Waals surface area contributed by atoms with Crippen LogP contribution in [-0.4, -0.2) is 18.4 Å². The van der Waals surface area contributed by atoms with E-state index in [0.717, 1.165) is 5.56 Å². The normalized spacial score (nSPS) is 11.7. The summed E-state index contributed by atoms with van der Waals surface area (Å²) in [5, 5.41) is 3.97. The molecule has 0 bridgehead atoms. The quantitative estimate of drug-likeness (QED) is 0.578. The van der Waals surface area contributed by atoms with Crippen molar-refractivity contribution in [2.45, 2.75) is 13.0 Å². The number of hydrogen-bond donors (Lipinski definition) is 3. The van der Waals surface area contributed by atoms with Crippen LogP contribution in [0.5, 0.6) is 0 Å². The van der Waals surface area contributed by atoms with Gasteiger partial charge >= 0.3 is 5.91 Å². The van der Waals surface area contributed by atoms with Gasteiger partial charge in [0.15, 0.2) is 12.3 Å². The topological polar surface area (TPSA) is 88.0 Å². The summed E-state index contributed by atoms with van der Waals surface area (Å²) in [6, 6.07) is 15.5. The molecule has 3 rings (SSSR count). The summed E-state index contributed by atoms with van der Waals surface area (Å²) in [5.74, 6) is -0.638. The zero-order chi connectivity index (χ0) is 18.4. The van der Waals surface area contributed by atoms with Crippen LogP contribution in [0.4, 0.5) is 0 Å². The van der Waals surface area contributed by atoms with Crippen molar-refractivity contribution in [3.63, 3.8) is 0 Å². The second-order valence-corrected chi connectivity index (χ2v) is 6.80. The number of quaternary nitrogens is 1. The van der Waals surface area contributed by atoms with E-state index in [1.54, 1.807) is 17.4 Å². The van der Waals surface area contributed by atoms with Gasteiger partial charge in [-0.05, 0) is 30.5 Å². The van der Waals surface area contributed by atoms with E-state index < -0.39 is 5.91 Å². The molecule has 0 aliphatic heterocycles. The van der Waals surface area contributed by atoms with Crippen molar-refractivity contribution in [3.8, 4) is 0 Å². The van der Waals surface area contributed by atoms with Crippen LogP contribution in [0.1, 0.15) is 32.6 Å². The van der Waals surface area contributed by atoms with Crippen molar-refractivity contribution in [1.29, 1.82) is 0 Å². The number of carbonyl (C=O) groups excluding carboxylic acids is 2. The molecule has 0 unspecified atom stereocenters. The van der Waals surface area contributed by atoms with Crippen molar-refractivity contribution in [2.24, 2.45) is 0 Å². The fourth-order valence-corrected chi connectivity index (χ4v) is 3.38. The van der Waals surface area contributed by atoms with E-state index in [2.05, 4.69) is 41.2 Å². The molecule has 0 spiro atoms. The Labute approximate surface area is 155 Å². The van der Waals surface area contributed by atoms with Crippen LogP contribution in [0.3, 0.4) is 0 Å². The molecule has 0 aliphatic carbocycles. The number of rotatable bonds is 6. The molecular weight excluding hydrogens is 350 g/mol. The van der Waals surface area contributed by atoms with Crippen molar-refractivity contribution in [1.82, 2.24) is 10.9 Å². The third kappa shape index (κ3) is 4.59. The largest absolute Gasteiger partial charge is 0.459 e. The standard InChI is InChI=1S/C19H19N3O3S/c1-13-6-8-14(9-7-13)18(16-5-3-11-26-16)20-12-17(23)21-22-19(24)15-4-2-10-25-15/h2-11,18,20H,12H2,1H3,(H,21,23)(H,22,24)/p+1/t18-/m0/s1. The van der Waals surface area contributed by atoms with Gasteiger partial charge < -0.3 is 9.73 Å². The smallest absolute Gasteiger partial charge is 0.305 e. The van der Waals surface area contributed by atoms with Gasteiger partial charge in [-0.2, -0.15) is 0 Å². The van der Waals surface area contributed by atoms with Crippen LogP contribution in [0.25, 0.3) is 0 Å². The Morgan fingerprint density at radius 2 is 1.92 bits per heavy atom. The van der Waals surface area contributed by atoms with E-state index >= 15 is 0 Å². The number of benzene rings is 1. The van der Waals surface area contributed by atoms with E-state index in [9.17, 15) is 9.59 Å². The highest BCUT2D eigenvalue weighted by molar-refractivity contribution is 7.10. The third-order valence-corrected chi connectivity index (χ3v) is 4.84. The predicted octanol–water partition coefficient (Wildman–Crippen LogP) is 1.76. The minimum Gasteiger partial charge on any atom is -0.459 e. The first-order chi connectivity index (χ1) is 12.6. The third-order valence-electron chi connectivity index (χ3n) is 3.89. The molecule has 2 amide bonds. The Balaban J connectivity index is 1.58. The van der Waals surface area contributed by atoms with E-state index in [4.69, 9.17) is 4.42 Å². The minimum atomic E-state index is -0.489. The number of aryl methyl sites for hydroxylation is 1. The Kier molecular flexibility index (Phi) is 5.83. The average Bonchev–Trinajstić information content (AvgIpc) is 3.35. The van der Waals surface area contributed by atoms with E-state index in [1.807, 2.05) is 23.7 Å². The molecule has 26 heavy (non-hydrogen) atoms. The van der Waals surface area contributed by atoms with Crippen LogP contribution in [0.15, 0.2) is 64.6 Å². The second-order valence-electron chi connectivity index (χ2n) is 5.82. The van der Waals surface area contributed by atoms with Crippen LogP contribution in [0, 0.1) is 6.92 Å². The van der Waals surface area contributed by atoms with E-state index in [0.29, 0.717) is 0 Å². The lowest BCUT2D eigenvalue weighted by Gasteiger charge is -2.15. The van der Waals surface area contributed by atoms with Gasteiger partial charge in [0, 0.05) is 5.56 Å². The number of nitrogens with two attached hydrogens (primary N) is 1. The van der Waals surface area contributed by atoms with Crippen molar-refractivity contribution in [2.75, 3.05) is 6.54 Å². The molecule has 3 aromatic rings. The molecule has 7 heteroatoms. The van der Waals surface area contributed by atoms with Gasteiger partial charge in [0.2, 0.25) is 0 Å². The Morgan fingerprint density at radius 1 is 1.12 bits per heavy atom. The lowest BCUT2D eigenvalue weighted by Crippen LogP contribution is -2.88. The molecule has 6 nitrogen and oxygen atoms in total. The monoisotopic (exact) mass is 370 g/mol. The molecular formula is C19H20N3O3S+. The summed E-state index contributed by atoms with van der Waals surface area (Å²) in [6.07, 6.45) is 1.40. The van der Waals surface area contributed by atoms with Crippen LogP contribution in [0.2, 0.25) is 0 Å². The molecule has 2 heterocycles. The highest BCUT2D eigenvalue weighted by Gasteiger charge is 2.20. The van der Waals surface area contributed by atoms with Gasteiger partial charge in [0.05, 0.1) is 11.1 Å². The summed E-state index contributed by atoms with van der Waals surface area (Å²) in [5.41, 5.74) is 7.07. The van der Waals surface area contributed by atoms with Gasteiger partial charge in [-0.15, -0.1) is 11.3 Å². The Bertz CT molecular complexity index is 843. The summed E-state index contributed by atoms with van der Waals surface area (Å²) in [4.78, 5) is 25.0. The van der Waals surface area contributed by atoms with Crippen molar-refractivity contribution in [3.05, 3.63) is 81.9 Å². The van der Waals surface area contributed by atoms with E-state index in [1.165, 1.54) is 22.8 Å². The number of hydrazine groups is 1. The lowest BCUT2D eigenvalue weighted by atomic mass is 10.0. The van der Waals surface area contributed by atoms with Crippen molar-refractivity contribution >= 4 is 23.2 Å². The van der Waals surface area contributed by atoms with Crippen molar-refractivity contribution < 1.29 is 19.3 Å². The molecule has 0 saturated carbocycles. The summed E-state index contributed by atoms with van der Waals surface area (Å²) >= 11 is 1.65.